The zero-order chi connectivity index (χ0) is 12.5. The van der Waals surface area contributed by atoms with Crippen LogP contribution in [0.25, 0.3) is 0 Å². The van der Waals surface area contributed by atoms with Crippen LogP contribution in [-0.2, 0) is 6.54 Å². The molecule has 0 unspecified atom stereocenters. The monoisotopic (exact) mass is 296 g/mol. The van der Waals surface area contributed by atoms with E-state index in [1.807, 2.05) is 0 Å². The molecule has 0 aliphatic carbocycles. The van der Waals surface area contributed by atoms with Crippen LogP contribution in [-0.4, -0.2) is 42.0 Å². The Morgan fingerprint density at radius 3 is 2.71 bits per heavy atom. The SMILES string of the molecule is CN1CCN(Cc2cccc(Br)c2)CC1(C)C. The third-order valence-electron chi connectivity index (χ3n) is 3.69. The average Bonchev–Trinajstić information content (AvgIpc) is 2.23. The second-order valence-corrected chi connectivity index (χ2v) is 6.49. The van der Waals surface area contributed by atoms with Gasteiger partial charge in [-0.05, 0) is 38.6 Å². The van der Waals surface area contributed by atoms with Crippen molar-refractivity contribution in [2.45, 2.75) is 25.9 Å². The molecule has 2 nitrogen and oxygen atoms in total. The molecular formula is C14H21BrN2. The third-order valence-corrected chi connectivity index (χ3v) is 4.18. The number of piperazine rings is 1. The lowest BCUT2D eigenvalue weighted by Crippen LogP contribution is -2.57. The smallest absolute Gasteiger partial charge is 0.0277 e. The van der Waals surface area contributed by atoms with E-state index < -0.39 is 0 Å². The number of halogens is 1. The summed E-state index contributed by atoms with van der Waals surface area (Å²) in [6.45, 7) is 9.14. The van der Waals surface area contributed by atoms with Crippen molar-refractivity contribution in [1.82, 2.24) is 9.80 Å². The Hall–Kier alpha value is -0.380. The maximum Gasteiger partial charge on any atom is 0.0277 e. The third kappa shape index (κ3) is 3.30. The standard InChI is InChI=1S/C14H21BrN2/c1-14(2)11-17(8-7-16(14)3)10-12-5-4-6-13(15)9-12/h4-6,9H,7-8,10-11H2,1-3H3. The first-order valence-corrected chi connectivity index (χ1v) is 6.95. The highest BCUT2D eigenvalue weighted by molar-refractivity contribution is 9.10. The van der Waals surface area contributed by atoms with E-state index >= 15 is 0 Å². The van der Waals surface area contributed by atoms with E-state index in [0.29, 0.717) is 0 Å². The minimum atomic E-state index is 0.282. The highest BCUT2D eigenvalue weighted by Gasteiger charge is 2.30. The molecular weight excluding hydrogens is 276 g/mol. The zero-order valence-corrected chi connectivity index (χ0v) is 12.5. The molecule has 94 valence electrons. The number of hydrogen-bond acceptors (Lipinski definition) is 2. The van der Waals surface area contributed by atoms with Crippen molar-refractivity contribution in [2.75, 3.05) is 26.7 Å². The second-order valence-electron chi connectivity index (χ2n) is 5.57. The van der Waals surface area contributed by atoms with Crippen molar-refractivity contribution < 1.29 is 0 Å². The summed E-state index contributed by atoms with van der Waals surface area (Å²) in [7, 11) is 2.22. The molecule has 2 rings (SSSR count). The fourth-order valence-corrected chi connectivity index (χ4v) is 2.82. The highest BCUT2D eigenvalue weighted by Crippen LogP contribution is 2.21. The van der Waals surface area contributed by atoms with Gasteiger partial charge in [0.25, 0.3) is 0 Å². The fraction of sp³-hybridized carbons (Fsp3) is 0.571. The largest absolute Gasteiger partial charge is 0.299 e. The van der Waals surface area contributed by atoms with Crippen molar-refractivity contribution in [3.63, 3.8) is 0 Å². The molecule has 0 N–H and O–H groups in total. The quantitative estimate of drug-likeness (QED) is 0.828. The van der Waals surface area contributed by atoms with Crippen LogP contribution >= 0.6 is 15.9 Å². The summed E-state index contributed by atoms with van der Waals surface area (Å²) >= 11 is 3.53. The maximum atomic E-state index is 3.53. The summed E-state index contributed by atoms with van der Waals surface area (Å²) in [5.74, 6) is 0. The van der Waals surface area contributed by atoms with Crippen LogP contribution < -0.4 is 0 Å². The van der Waals surface area contributed by atoms with Crippen molar-refractivity contribution >= 4 is 15.9 Å². The molecule has 1 fully saturated rings. The first kappa shape index (κ1) is 13.1. The van der Waals surface area contributed by atoms with Gasteiger partial charge in [0.2, 0.25) is 0 Å². The zero-order valence-electron chi connectivity index (χ0n) is 10.9. The Bertz CT molecular complexity index is 390. The summed E-state index contributed by atoms with van der Waals surface area (Å²) in [6, 6.07) is 8.61. The van der Waals surface area contributed by atoms with Crippen LogP contribution in [0.15, 0.2) is 28.7 Å². The van der Waals surface area contributed by atoms with Gasteiger partial charge in [-0.2, -0.15) is 0 Å². The Balaban J connectivity index is 2.01. The molecule has 17 heavy (non-hydrogen) atoms. The maximum absolute atomic E-state index is 3.53. The number of likely N-dealkylation sites (N-methyl/N-ethyl adjacent to an activating group) is 1. The normalized spacial score (nSPS) is 21.6. The topological polar surface area (TPSA) is 6.48 Å². The van der Waals surface area contributed by atoms with E-state index in [1.165, 1.54) is 10.0 Å². The molecule has 0 radical (unpaired) electrons. The number of nitrogens with zero attached hydrogens (tertiary/aromatic N) is 2. The molecule has 0 bridgehead atoms. The van der Waals surface area contributed by atoms with Gasteiger partial charge >= 0.3 is 0 Å². The van der Waals surface area contributed by atoms with Crippen LogP contribution in [0.1, 0.15) is 19.4 Å². The molecule has 1 heterocycles. The van der Waals surface area contributed by atoms with Crippen LogP contribution in [0.2, 0.25) is 0 Å². The summed E-state index contributed by atoms with van der Waals surface area (Å²) in [4.78, 5) is 4.99. The molecule has 1 aliphatic rings. The van der Waals surface area contributed by atoms with E-state index in [9.17, 15) is 0 Å². The van der Waals surface area contributed by atoms with E-state index in [-0.39, 0.29) is 5.54 Å². The van der Waals surface area contributed by atoms with Crippen LogP contribution in [0.4, 0.5) is 0 Å². The summed E-state index contributed by atoms with van der Waals surface area (Å²) < 4.78 is 1.17. The molecule has 0 saturated carbocycles. The molecule has 1 aromatic rings. The van der Waals surface area contributed by atoms with Crippen LogP contribution in [0, 0.1) is 0 Å². The molecule has 0 spiro atoms. The van der Waals surface area contributed by atoms with Gasteiger partial charge in [0.1, 0.15) is 0 Å². The first-order valence-electron chi connectivity index (χ1n) is 6.15. The predicted octanol–water partition coefficient (Wildman–Crippen LogP) is 2.98. The lowest BCUT2D eigenvalue weighted by atomic mass is 9.99. The minimum Gasteiger partial charge on any atom is -0.299 e. The Kier molecular flexibility index (Phi) is 3.91. The molecule has 0 atom stereocenters. The second kappa shape index (κ2) is 5.09. The van der Waals surface area contributed by atoms with E-state index in [1.54, 1.807) is 0 Å². The van der Waals surface area contributed by atoms with Gasteiger partial charge in [-0.1, -0.05) is 28.1 Å². The Morgan fingerprint density at radius 1 is 1.29 bits per heavy atom. The Morgan fingerprint density at radius 2 is 2.06 bits per heavy atom. The van der Waals surface area contributed by atoms with E-state index in [0.717, 1.165) is 26.2 Å². The highest BCUT2D eigenvalue weighted by atomic mass is 79.9. The molecule has 0 aromatic heterocycles. The van der Waals surface area contributed by atoms with Gasteiger partial charge < -0.3 is 0 Å². The van der Waals surface area contributed by atoms with Gasteiger partial charge in [0, 0.05) is 36.2 Å². The lowest BCUT2D eigenvalue weighted by molar-refractivity contribution is 0.0360. The van der Waals surface area contributed by atoms with Crippen LogP contribution in [0.5, 0.6) is 0 Å². The molecule has 1 saturated heterocycles. The fourth-order valence-electron chi connectivity index (χ4n) is 2.37. The minimum absolute atomic E-state index is 0.282. The van der Waals surface area contributed by atoms with Gasteiger partial charge in [-0.3, -0.25) is 9.80 Å². The molecule has 0 amide bonds. The number of hydrogen-bond donors (Lipinski definition) is 0. The van der Waals surface area contributed by atoms with E-state index in [4.69, 9.17) is 0 Å². The van der Waals surface area contributed by atoms with Crippen LogP contribution in [0.3, 0.4) is 0 Å². The van der Waals surface area contributed by atoms with Crippen molar-refractivity contribution in [3.05, 3.63) is 34.3 Å². The van der Waals surface area contributed by atoms with Crippen molar-refractivity contribution in [2.24, 2.45) is 0 Å². The van der Waals surface area contributed by atoms with Gasteiger partial charge in [-0.25, -0.2) is 0 Å². The van der Waals surface area contributed by atoms with E-state index in [2.05, 4.69) is 70.9 Å². The summed E-state index contributed by atoms with van der Waals surface area (Å²) in [5, 5.41) is 0. The summed E-state index contributed by atoms with van der Waals surface area (Å²) in [6.07, 6.45) is 0. The van der Waals surface area contributed by atoms with Crippen molar-refractivity contribution in [1.29, 1.82) is 0 Å². The van der Waals surface area contributed by atoms with Gasteiger partial charge in [0.15, 0.2) is 0 Å². The Labute approximate surface area is 113 Å². The molecule has 1 aromatic carbocycles. The molecule has 3 heteroatoms. The van der Waals surface area contributed by atoms with Crippen molar-refractivity contribution in [3.8, 4) is 0 Å². The molecule has 1 aliphatic heterocycles. The van der Waals surface area contributed by atoms with Gasteiger partial charge in [0.05, 0.1) is 0 Å². The number of benzene rings is 1. The number of rotatable bonds is 2. The van der Waals surface area contributed by atoms with Gasteiger partial charge in [-0.15, -0.1) is 0 Å². The first-order chi connectivity index (χ1) is 7.97. The summed E-state index contributed by atoms with van der Waals surface area (Å²) in [5.41, 5.74) is 1.67. The average molecular weight is 297 g/mol. The predicted molar refractivity (Wildman–Crippen MR) is 76.1 cm³/mol. The lowest BCUT2D eigenvalue weighted by Gasteiger charge is -2.45.